The Morgan fingerprint density at radius 1 is 1.15 bits per heavy atom. The summed E-state index contributed by atoms with van der Waals surface area (Å²) in [6.07, 6.45) is 0.953. The molecule has 7 nitrogen and oxygen atoms in total. The molecule has 0 atom stereocenters. The molecular weight excluding hydrogens is 352 g/mol. The molecular formula is C18H32N4O3S. The highest BCUT2D eigenvalue weighted by Crippen LogP contribution is 2.21. The van der Waals surface area contributed by atoms with Gasteiger partial charge in [-0.05, 0) is 38.8 Å². The van der Waals surface area contributed by atoms with Crippen molar-refractivity contribution in [1.82, 2.24) is 15.4 Å². The molecule has 0 aliphatic rings. The quantitative estimate of drug-likeness (QED) is 0.307. The molecule has 1 aromatic rings. The highest BCUT2D eigenvalue weighted by Gasteiger charge is 2.06. The van der Waals surface area contributed by atoms with Gasteiger partial charge in [-0.25, -0.2) is 18.1 Å². The van der Waals surface area contributed by atoms with Crippen molar-refractivity contribution < 1.29 is 13.2 Å². The number of aryl methyl sites for hydroxylation is 1. The Morgan fingerprint density at radius 2 is 1.92 bits per heavy atom. The maximum atomic E-state index is 11.4. The summed E-state index contributed by atoms with van der Waals surface area (Å²) in [6, 6.07) is 6.10. The van der Waals surface area contributed by atoms with Crippen LogP contribution in [0, 0.1) is 6.92 Å². The average molecular weight is 385 g/mol. The van der Waals surface area contributed by atoms with E-state index in [4.69, 9.17) is 4.74 Å². The van der Waals surface area contributed by atoms with Crippen molar-refractivity contribution >= 4 is 16.0 Å². The first kappa shape index (κ1) is 22.2. The largest absolute Gasteiger partial charge is 0.493 e. The van der Waals surface area contributed by atoms with Gasteiger partial charge in [0, 0.05) is 25.2 Å². The van der Waals surface area contributed by atoms with Gasteiger partial charge in [-0.1, -0.05) is 19.1 Å². The molecule has 148 valence electrons. The number of hydrogen-bond acceptors (Lipinski definition) is 4. The highest BCUT2D eigenvalue weighted by atomic mass is 32.2. The number of sulfonamides is 1. The molecule has 0 aliphatic heterocycles. The van der Waals surface area contributed by atoms with Crippen molar-refractivity contribution in [3.05, 3.63) is 29.3 Å². The summed E-state index contributed by atoms with van der Waals surface area (Å²) in [4.78, 5) is 4.57. The topological polar surface area (TPSA) is 91.8 Å². The minimum absolute atomic E-state index is 0.0785. The third-order valence-corrected chi connectivity index (χ3v) is 4.96. The number of nitrogens with one attached hydrogen (secondary N) is 3. The third kappa shape index (κ3) is 8.53. The van der Waals surface area contributed by atoms with Crippen molar-refractivity contribution in [3.8, 4) is 5.75 Å². The molecule has 0 spiro atoms. The van der Waals surface area contributed by atoms with Gasteiger partial charge in [-0.2, -0.15) is 0 Å². The van der Waals surface area contributed by atoms with E-state index in [-0.39, 0.29) is 5.75 Å². The minimum Gasteiger partial charge on any atom is -0.493 e. The molecule has 0 fully saturated rings. The summed E-state index contributed by atoms with van der Waals surface area (Å²) in [6.45, 7) is 10.4. The van der Waals surface area contributed by atoms with Crippen molar-refractivity contribution in [2.75, 3.05) is 32.0 Å². The van der Waals surface area contributed by atoms with Gasteiger partial charge in [-0.3, -0.25) is 0 Å². The van der Waals surface area contributed by atoms with Gasteiger partial charge in [0.1, 0.15) is 5.75 Å². The number of benzene rings is 1. The second-order valence-corrected chi connectivity index (χ2v) is 7.97. The molecule has 0 bridgehead atoms. The van der Waals surface area contributed by atoms with Crippen LogP contribution in [-0.2, 0) is 16.6 Å². The van der Waals surface area contributed by atoms with Gasteiger partial charge in [0.25, 0.3) is 0 Å². The van der Waals surface area contributed by atoms with Crippen LogP contribution in [0.5, 0.6) is 5.75 Å². The molecule has 0 aliphatic carbocycles. The lowest BCUT2D eigenvalue weighted by Gasteiger charge is -2.13. The van der Waals surface area contributed by atoms with Gasteiger partial charge in [-0.15, -0.1) is 0 Å². The fourth-order valence-corrected chi connectivity index (χ4v) is 2.75. The standard InChI is InChI=1S/C18H32N4O3S/c1-5-12-25-17-13-15(4)8-9-16(17)14-21-18(19-6-2)20-10-11-22-26(23,24)7-3/h8-9,13,22H,5-7,10-12,14H2,1-4H3,(H2,19,20,21). The minimum atomic E-state index is -3.17. The second kappa shape index (κ2) is 11.7. The summed E-state index contributed by atoms with van der Waals surface area (Å²) in [5.74, 6) is 1.59. The zero-order valence-corrected chi connectivity index (χ0v) is 17.1. The monoisotopic (exact) mass is 384 g/mol. The predicted molar refractivity (Wildman–Crippen MR) is 107 cm³/mol. The van der Waals surface area contributed by atoms with Crippen LogP contribution in [0.15, 0.2) is 23.2 Å². The van der Waals surface area contributed by atoms with Gasteiger partial charge >= 0.3 is 0 Å². The lowest BCUT2D eigenvalue weighted by Crippen LogP contribution is -2.41. The normalized spacial score (nSPS) is 12.1. The Morgan fingerprint density at radius 3 is 2.58 bits per heavy atom. The molecule has 0 saturated carbocycles. The van der Waals surface area contributed by atoms with Crippen LogP contribution in [0.1, 0.15) is 38.3 Å². The zero-order chi connectivity index (χ0) is 19.4. The molecule has 0 saturated heterocycles. The number of nitrogens with zero attached hydrogens (tertiary/aromatic N) is 1. The van der Waals surface area contributed by atoms with Crippen molar-refractivity contribution in [2.45, 2.75) is 40.7 Å². The van der Waals surface area contributed by atoms with Crippen molar-refractivity contribution in [2.24, 2.45) is 4.99 Å². The summed E-state index contributed by atoms with van der Waals surface area (Å²) in [5.41, 5.74) is 2.17. The smallest absolute Gasteiger partial charge is 0.211 e. The first-order valence-electron chi connectivity index (χ1n) is 9.13. The van der Waals surface area contributed by atoms with E-state index < -0.39 is 10.0 Å². The van der Waals surface area contributed by atoms with Crippen LogP contribution in [0.4, 0.5) is 0 Å². The molecule has 0 heterocycles. The summed E-state index contributed by atoms with van der Waals surface area (Å²) in [7, 11) is -3.17. The van der Waals surface area contributed by atoms with E-state index in [0.717, 1.165) is 29.8 Å². The molecule has 0 amide bonds. The Labute approximate surface area is 157 Å². The van der Waals surface area contributed by atoms with Crippen LogP contribution in [0.25, 0.3) is 0 Å². The van der Waals surface area contributed by atoms with Gasteiger partial charge in [0.05, 0.1) is 18.9 Å². The number of guanidine groups is 1. The summed E-state index contributed by atoms with van der Waals surface area (Å²) in [5, 5.41) is 6.29. The molecule has 0 aromatic heterocycles. The van der Waals surface area contributed by atoms with E-state index in [1.807, 2.05) is 32.0 Å². The Hall–Kier alpha value is -1.80. The fraction of sp³-hybridized carbons (Fsp3) is 0.611. The lowest BCUT2D eigenvalue weighted by atomic mass is 10.1. The molecule has 0 radical (unpaired) electrons. The third-order valence-electron chi connectivity index (χ3n) is 3.56. The molecule has 8 heteroatoms. The number of hydrogen-bond donors (Lipinski definition) is 3. The van der Waals surface area contributed by atoms with Crippen molar-refractivity contribution in [1.29, 1.82) is 0 Å². The average Bonchev–Trinajstić information content (AvgIpc) is 2.62. The molecule has 26 heavy (non-hydrogen) atoms. The first-order valence-corrected chi connectivity index (χ1v) is 10.8. The molecule has 1 rings (SSSR count). The Kier molecular flexibility index (Phi) is 10.0. The van der Waals surface area contributed by atoms with Gasteiger partial charge in [0.15, 0.2) is 5.96 Å². The molecule has 3 N–H and O–H groups in total. The maximum absolute atomic E-state index is 11.4. The fourth-order valence-electron chi connectivity index (χ4n) is 2.13. The summed E-state index contributed by atoms with van der Waals surface area (Å²) >= 11 is 0. The van der Waals surface area contributed by atoms with E-state index in [2.05, 4.69) is 27.3 Å². The number of rotatable bonds is 11. The van der Waals surface area contributed by atoms with Crippen molar-refractivity contribution in [3.63, 3.8) is 0 Å². The van der Waals surface area contributed by atoms with E-state index in [9.17, 15) is 8.42 Å². The van der Waals surface area contributed by atoms with E-state index >= 15 is 0 Å². The van der Waals surface area contributed by atoms with Gasteiger partial charge in [0.2, 0.25) is 10.0 Å². The Balaban J connectivity index is 2.68. The van der Waals surface area contributed by atoms with E-state index in [1.54, 1.807) is 6.92 Å². The predicted octanol–water partition coefficient (Wildman–Crippen LogP) is 1.78. The van der Waals surface area contributed by atoms with E-state index in [1.165, 1.54) is 0 Å². The van der Waals surface area contributed by atoms with Crippen LogP contribution in [-0.4, -0.2) is 46.4 Å². The van der Waals surface area contributed by atoms with E-state index in [0.29, 0.717) is 32.2 Å². The van der Waals surface area contributed by atoms with Crippen LogP contribution < -0.4 is 20.1 Å². The lowest BCUT2D eigenvalue weighted by molar-refractivity contribution is 0.314. The zero-order valence-electron chi connectivity index (χ0n) is 16.3. The number of ether oxygens (including phenoxy) is 1. The summed E-state index contributed by atoms with van der Waals surface area (Å²) < 4.78 is 31.2. The van der Waals surface area contributed by atoms with Crippen LogP contribution >= 0.6 is 0 Å². The number of aliphatic imine (C=N–C) groups is 1. The maximum Gasteiger partial charge on any atom is 0.211 e. The van der Waals surface area contributed by atoms with Gasteiger partial charge < -0.3 is 15.4 Å². The second-order valence-electron chi connectivity index (χ2n) is 5.88. The van der Waals surface area contributed by atoms with Crippen LogP contribution in [0.3, 0.4) is 0 Å². The first-order chi connectivity index (χ1) is 12.4. The highest BCUT2D eigenvalue weighted by molar-refractivity contribution is 7.89. The van der Waals surface area contributed by atoms with Crippen LogP contribution in [0.2, 0.25) is 0 Å². The molecule has 0 unspecified atom stereocenters. The SMILES string of the molecule is CCCOc1cc(C)ccc1CN=C(NCC)NCCNS(=O)(=O)CC. The Bertz CT molecular complexity index is 675. The molecule has 1 aromatic carbocycles.